The minimum atomic E-state index is 0. The van der Waals surface area contributed by atoms with Gasteiger partial charge < -0.3 is 9.69 Å². The normalized spacial score (nSPS) is 11.0. The molecule has 8 heteroatoms. The van der Waals surface area contributed by atoms with Crippen molar-refractivity contribution in [3.05, 3.63) is 48.3 Å². The van der Waals surface area contributed by atoms with E-state index >= 15 is 0 Å². The summed E-state index contributed by atoms with van der Waals surface area (Å²) in [6, 6.07) is 4.12. The molecule has 0 saturated heterocycles. The summed E-state index contributed by atoms with van der Waals surface area (Å²) < 4.78 is 1.93. The van der Waals surface area contributed by atoms with Crippen molar-refractivity contribution < 1.29 is 4.70 Å². The van der Waals surface area contributed by atoms with Crippen LogP contribution in [0, 0.1) is 0 Å². The van der Waals surface area contributed by atoms with Crippen molar-refractivity contribution in [1.29, 1.82) is 0 Å². The van der Waals surface area contributed by atoms with Gasteiger partial charge in [-0.25, -0.2) is 15.0 Å². The van der Waals surface area contributed by atoms with Gasteiger partial charge in [-0.2, -0.15) is 5.10 Å². The first-order valence-electron chi connectivity index (χ1n) is 7.62. The summed E-state index contributed by atoms with van der Waals surface area (Å²) in [6.45, 7) is 4.18. The summed E-state index contributed by atoms with van der Waals surface area (Å²) in [5.41, 5.74) is 4.26. The lowest BCUT2D eigenvalue weighted by molar-refractivity contribution is -0.00000513. The molecule has 4 aromatic rings. The molecule has 0 aliphatic rings. The average molecular weight is 358 g/mol. The predicted octanol–water partition coefficient (Wildman–Crippen LogP) is 1.12. The number of hydrogen-bond acceptors (Lipinski definition) is 4. The zero-order valence-electron chi connectivity index (χ0n) is 13.6. The number of H-pyrrole nitrogens is 1. The van der Waals surface area contributed by atoms with Gasteiger partial charge in [-0.05, 0) is 26.0 Å². The Morgan fingerprint density at radius 2 is 2.08 bits per heavy atom. The second-order valence-corrected chi connectivity index (χ2v) is 6.22. The number of halogens is 2. The quantitative estimate of drug-likeness (QED) is 0.596. The van der Waals surface area contributed by atoms with Crippen LogP contribution in [0.3, 0.4) is 0 Å². The van der Waals surface area contributed by atoms with E-state index in [4.69, 9.17) is 16.7 Å². The highest BCUT2D eigenvalue weighted by Crippen LogP contribution is 2.33. The zero-order chi connectivity index (χ0) is 16.7. The van der Waals surface area contributed by atoms with Gasteiger partial charge in [0, 0.05) is 47.3 Å². The Bertz CT molecular complexity index is 1010. The number of pyridine rings is 1. The number of fused-ring (bicyclic) bond motifs is 1. The highest BCUT2D eigenvalue weighted by molar-refractivity contribution is 6.35. The van der Waals surface area contributed by atoms with Crippen LogP contribution in [-0.4, -0.2) is 29.7 Å². The third kappa shape index (κ3) is 2.98. The molecule has 0 fully saturated rings. The molecule has 25 heavy (non-hydrogen) atoms. The minimum absolute atomic E-state index is 0. The molecule has 4 heterocycles. The molecular formula is C17H15ClFN6-. The van der Waals surface area contributed by atoms with Crippen LogP contribution in [0.2, 0.25) is 5.02 Å². The van der Waals surface area contributed by atoms with E-state index in [1.54, 1.807) is 18.6 Å². The Hall–Kier alpha value is -2.80. The molecule has 6 nitrogen and oxygen atoms in total. The molecular weight excluding hydrogens is 343 g/mol. The van der Waals surface area contributed by atoms with Gasteiger partial charge in [0.2, 0.25) is 0 Å². The summed E-state index contributed by atoms with van der Waals surface area (Å²) in [6.07, 6.45) is 8.80. The number of aromatic nitrogens is 6. The Morgan fingerprint density at radius 3 is 2.80 bits per heavy atom. The number of rotatable bonds is 3. The highest BCUT2D eigenvalue weighted by atomic mass is 35.5. The van der Waals surface area contributed by atoms with Crippen LogP contribution < -0.4 is 4.70 Å². The number of nitrogens with one attached hydrogen (secondary N) is 1. The molecule has 4 aromatic heterocycles. The Kier molecular flexibility index (Phi) is 4.50. The van der Waals surface area contributed by atoms with E-state index in [1.165, 1.54) is 6.33 Å². The molecule has 128 valence electrons. The summed E-state index contributed by atoms with van der Waals surface area (Å²) in [7, 11) is 0. The van der Waals surface area contributed by atoms with Gasteiger partial charge in [0.25, 0.3) is 0 Å². The first-order chi connectivity index (χ1) is 11.6. The van der Waals surface area contributed by atoms with Crippen LogP contribution >= 0.6 is 11.6 Å². The van der Waals surface area contributed by atoms with Crippen LogP contribution in [-0.2, 0) is 0 Å². The van der Waals surface area contributed by atoms with Gasteiger partial charge in [0.15, 0.2) is 0 Å². The summed E-state index contributed by atoms with van der Waals surface area (Å²) >= 11 is 6.23. The molecule has 0 amide bonds. The fourth-order valence-electron chi connectivity index (χ4n) is 2.61. The number of aromatic amines is 1. The van der Waals surface area contributed by atoms with Crippen molar-refractivity contribution in [2.45, 2.75) is 19.9 Å². The van der Waals surface area contributed by atoms with Gasteiger partial charge in [-0.1, -0.05) is 11.6 Å². The smallest absolute Gasteiger partial charge is 0.138 e. The molecule has 0 aliphatic heterocycles. The molecule has 0 bridgehead atoms. The summed E-state index contributed by atoms with van der Waals surface area (Å²) in [4.78, 5) is 15.8. The molecule has 0 spiro atoms. The standard InChI is InChI=1S/C17H15ClN6.FH/c1-10(2)24-8-13(15-3-4-19-9-22-15)16(23-24)11-5-12-14(18)7-21-17(12)20-6-11;/h3-10H,1-2H3,(H,20,21);1H/p-1. The second-order valence-electron chi connectivity index (χ2n) is 5.82. The third-order valence-corrected chi connectivity index (χ3v) is 4.19. The van der Waals surface area contributed by atoms with E-state index in [0.717, 1.165) is 33.5 Å². The van der Waals surface area contributed by atoms with Gasteiger partial charge in [-0.15, -0.1) is 0 Å². The summed E-state index contributed by atoms with van der Waals surface area (Å²) in [5, 5.41) is 6.26. The second kappa shape index (κ2) is 6.60. The van der Waals surface area contributed by atoms with Gasteiger partial charge >= 0.3 is 0 Å². The Balaban J connectivity index is 0.00000182. The van der Waals surface area contributed by atoms with E-state index in [1.807, 2.05) is 23.0 Å². The van der Waals surface area contributed by atoms with E-state index in [9.17, 15) is 0 Å². The van der Waals surface area contributed by atoms with Gasteiger partial charge in [-0.3, -0.25) is 4.68 Å². The van der Waals surface area contributed by atoms with Crippen LogP contribution in [0.5, 0.6) is 0 Å². The van der Waals surface area contributed by atoms with Crippen molar-refractivity contribution >= 4 is 22.6 Å². The zero-order valence-corrected chi connectivity index (χ0v) is 14.4. The molecule has 1 N–H and O–H groups in total. The lowest BCUT2D eigenvalue weighted by Crippen LogP contribution is -3.00. The topological polar surface area (TPSA) is 72.3 Å². The number of hydrogen-bond donors (Lipinski definition) is 1. The Labute approximate surface area is 148 Å². The van der Waals surface area contributed by atoms with Crippen molar-refractivity contribution in [1.82, 2.24) is 29.7 Å². The van der Waals surface area contributed by atoms with Crippen LogP contribution in [0.1, 0.15) is 19.9 Å². The van der Waals surface area contributed by atoms with Crippen molar-refractivity contribution in [2.75, 3.05) is 0 Å². The fraction of sp³-hybridized carbons (Fsp3) is 0.176. The van der Waals surface area contributed by atoms with Crippen LogP contribution in [0.25, 0.3) is 33.5 Å². The van der Waals surface area contributed by atoms with E-state index in [2.05, 4.69) is 33.8 Å². The molecule has 0 radical (unpaired) electrons. The molecule has 0 aromatic carbocycles. The Morgan fingerprint density at radius 1 is 1.24 bits per heavy atom. The van der Waals surface area contributed by atoms with Crippen molar-refractivity contribution in [3.63, 3.8) is 0 Å². The lowest BCUT2D eigenvalue weighted by Gasteiger charge is -2.03. The largest absolute Gasteiger partial charge is 1.00 e. The molecule has 0 aliphatic carbocycles. The van der Waals surface area contributed by atoms with E-state index in [-0.39, 0.29) is 10.7 Å². The monoisotopic (exact) mass is 357 g/mol. The first-order valence-corrected chi connectivity index (χ1v) is 8.00. The minimum Gasteiger partial charge on any atom is -1.00 e. The van der Waals surface area contributed by atoms with Crippen LogP contribution in [0.15, 0.2) is 43.2 Å². The van der Waals surface area contributed by atoms with Gasteiger partial charge in [0.05, 0.1) is 10.7 Å². The average Bonchev–Trinajstić information content (AvgIpc) is 3.20. The maximum Gasteiger partial charge on any atom is 0.138 e. The first kappa shape index (κ1) is 17.0. The van der Waals surface area contributed by atoms with Crippen LogP contribution in [0.4, 0.5) is 0 Å². The highest BCUT2D eigenvalue weighted by Gasteiger charge is 2.17. The lowest BCUT2D eigenvalue weighted by atomic mass is 10.1. The molecule has 0 unspecified atom stereocenters. The summed E-state index contributed by atoms with van der Waals surface area (Å²) in [5.74, 6) is 0. The SMILES string of the molecule is CC(C)n1cc(-c2ccncn2)c(-c2cnc3[nH]cc(Cl)c3c2)n1.[F-]. The number of nitrogens with zero attached hydrogens (tertiary/aromatic N) is 5. The predicted molar refractivity (Wildman–Crippen MR) is 93.7 cm³/mol. The molecule has 0 atom stereocenters. The van der Waals surface area contributed by atoms with Crippen molar-refractivity contribution in [2.24, 2.45) is 0 Å². The fourth-order valence-corrected chi connectivity index (χ4v) is 2.81. The van der Waals surface area contributed by atoms with Crippen molar-refractivity contribution in [3.8, 4) is 22.5 Å². The van der Waals surface area contributed by atoms with E-state index in [0.29, 0.717) is 5.02 Å². The third-order valence-electron chi connectivity index (χ3n) is 3.87. The van der Waals surface area contributed by atoms with Gasteiger partial charge in [0.1, 0.15) is 17.7 Å². The maximum absolute atomic E-state index is 6.23. The molecule has 4 rings (SSSR count). The maximum atomic E-state index is 6.23. The molecule has 0 saturated carbocycles. The van der Waals surface area contributed by atoms with E-state index < -0.39 is 0 Å².